The van der Waals surface area contributed by atoms with Gasteiger partial charge in [0.05, 0.1) is 17.3 Å². The number of urea groups is 1. The van der Waals surface area contributed by atoms with Crippen molar-refractivity contribution in [2.45, 2.75) is 18.0 Å². The Balaban J connectivity index is 1.56. The third-order valence-electron chi connectivity index (χ3n) is 6.83. The lowest BCUT2D eigenvalue weighted by Gasteiger charge is -2.34. The Morgan fingerprint density at radius 1 is 1.19 bits per heavy atom. The molecule has 4 heterocycles. The monoisotopic (exact) mass is 555 g/mol. The molecule has 3 amide bonds. The summed E-state index contributed by atoms with van der Waals surface area (Å²) in [6.07, 6.45) is 0. The van der Waals surface area contributed by atoms with Crippen LogP contribution in [0.5, 0.6) is 0 Å². The Hall–Kier alpha value is -3.49. The predicted octanol–water partition coefficient (Wildman–Crippen LogP) is 4.46. The van der Waals surface area contributed by atoms with Crippen LogP contribution in [-0.2, 0) is 11.3 Å². The molecule has 2 aliphatic rings. The average molecular weight is 556 g/mol. The van der Waals surface area contributed by atoms with E-state index >= 15 is 0 Å². The molecule has 0 unspecified atom stereocenters. The average Bonchev–Trinajstić information content (AvgIpc) is 3.53. The van der Waals surface area contributed by atoms with Crippen LogP contribution in [0.3, 0.4) is 0 Å². The summed E-state index contributed by atoms with van der Waals surface area (Å²) in [5, 5.41) is 18.6. The molecule has 1 spiro atoms. The van der Waals surface area contributed by atoms with Crippen LogP contribution in [0.4, 0.5) is 10.5 Å². The fourth-order valence-corrected chi connectivity index (χ4v) is 6.46. The third kappa shape index (κ3) is 4.24. The van der Waals surface area contributed by atoms with Crippen molar-refractivity contribution < 1.29 is 19.5 Å². The van der Waals surface area contributed by atoms with E-state index in [-0.39, 0.29) is 27.4 Å². The molecule has 0 aliphatic carbocycles. The molecular weight excluding hydrogens is 537 g/mol. The number of anilines is 1. The number of hydrogen-bond donors (Lipinski definition) is 1. The highest BCUT2D eigenvalue weighted by Gasteiger charge is 2.64. The van der Waals surface area contributed by atoms with Gasteiger partial charge in [-0.15, -0.1) is 11.3 Å². The highest BCUT2D eigenvalue weighted by molar-refractivity contribution is 7.13. The Bertz CT molecular complexity index is 1450. The van der Waals surface area contributed by atoms with Gasteiger partial charge in [-0.05, 0) is 42.0 Å². The van der Waals surface area contributed by atoms with Crippen LogP contribution in [0.15, 0.2) is 48.5 Å². The first-order chi connectivity index (χ1) is 17.6. The molecule has 2 atom stereocenters. The molecule has 0 radical (unpaired) electrons. The zero-order valence-corrected chi connectivity index (χ0v) is 21.7. The SMILES string of the molecule is CN1C(=O)N(c2cc(Cl)nc(Cl)c2)C(=O)[C@]12CN(Cc1ccc(C(=O)O)s1)C[C@H]2c1ccc(C#N)cc1. The summed E-state index contributed by atoms with van der Waals surface area (Å²) < 4.78 is 0. The second-order valence-electron chi connectivity index (χ2n) is 8.90. The second kappa shape index (κ2) is 9.43. The van der Waals surface area contributed by atoms with Gasteiger partial charge in [0.25, 0.3) is 5.91 Å². The van der Waals surface area contributed by atoms with Crippen molar-refractivity contribution in [1.82, 2.24) is 14.8 Å². The molecule has 2 aliphatic heterocycles. The molecule has 1 N–H and O–H groups in total. The first-order valence-corrected chi connectivity index (χ1v) is 12.7. The second-order valence-corrected chi connectivity index (χ2v) is 10.8. The third-order valence-corrected chi connectivity index (χ3v) is 8.28. The topological polar surface area (TPSA) is 118 Å². The smallest absolute Gasteiger partial charge is 0.345 e. The van der Waals surface area contributed by atoms with Gasteiger partial charge in [0.15, 0.2) is 0 Å². The van der Waals surface area contributed by atoms with Crippen molar-refractivity contribution in [3.05, 3.63) is 79.7 Å². The van der Waals surface area contributed by atoms with Crippen LogP contribution < -0.4 is 4.90 Å². The number of carbonyl (C=O) groups excluding carboxylic acids is 2. The summed E-state index contributed by atoms with van der Waals surface area (Å²) in [6.45, 7) is 1.07. The number of pyridine rings is 1. The Labute approximate surface area is 226 Å². The molecule has 0 saturated carbocycles. The zero-order valence-electron chi connectivity index (χ0n) is 19.4. The van der Waals surface area contributed by atoms with E-state index in [2.05, 4.69) is 11.1 Å². The number of nitrogens with zero attached hydrogens (tertiary/aromatic N) is 5. The van der Waals surface area contributed by atoms with E-state index in [1.54, 1.807) is 43.4 Å². The maximum absolute atomic E-state index is 14.2. The van der Waals surface area contributed by atoms with E-state index in [1.807, 2.05) is 4.90 Å². The Kier molecular flexibility index (Phi) is 6.41. The van der Waals surface area contributed by atoms with Gasteiger partial charge in [-0.3, -0.25) is 9.69 Å². The van der Waals surface area contributed by atoms with Crippen molar-refractivity contribution in [1.29, 1.82) is 5.26 Å². The lowest BCUT2D eigenvalue weighted by molar-refractivity contribution is -0.124. The molecule has 188 valence electrons. The highest BCUT2D eigenvalue weighted by Crippen LogP contribution is 2.47. The van der Waals surface area contributed by atoms with Crippen molar-refractivity contribution >= 4 is 58.1 Å². The maximum Gasteiger partial charge on any atom is 0.345 e. The minimum atomic E-state index is -1.25. The predicted molar refractivity (Wildman–Crippen MR) is 138 cm³/mol. The van der Waals surface area contributed by atoms with E-state index < -0.39 is 29.4 Å². The minimum Gasteiger partial charge on any atom is -0.477 e. The minimum absolute atomic E-state index is 0.0512. The number of aromatic nitrogens is 1. The molecule has 3 aromatic rings. The molecule has 2 fully saturated rings. The van der Waals surface area contributed by atoms with E-state index in [1.165, 1.54) is 28.4 Å². The summed E-state index contributed by atoms with van der Waals surface area (Å²) in [6, 6.07) is 14.7. The molecule has 2 saturated heterocycles. The lowest BCUT2D eigenvalue weighted by Crippen LogP contribution is -2.53. The fraction of sp³-hybridized carbons (Fsp3) is 0.240. The lowest BCUT2D eigenvalue weighted by atomic mass is 9.80. The van der Waals surface area contributed by atoms with Gasteiger partial charge >= 0.3 is 12.0 Å². The number of imide groups is 1. The fourth-order valence-electron chi connectivity index (χ4n) is 5.12. The van der Waals surface area contributed by atoms with Gasteiger partial charge in [0.1, 0.15) is 20.7 Å². The Morgan fingerprint density at radius 3 is 2.46 bits per heavy atom. The number of halogens is 2. The number of carboxylic acid groups (broad SMARTS) is 1. The van der Waals surface area contributed by atoms with E-state index in [4.69, 9.17) is 23.2 Å². The first kappa shape index (κ1) is 25.2. The van der Waals surface area contributed by atoms with Crippen LogP contribution in [0.25, 0.3) is 0 Å². The van der Waals surface area contributed by atoms with Gasteiger partial charge < -0.3 is 10.0 Å². The van der Waals surface area contributed by atoms with Crippen LogP contribution in [-0.4, -0.2) is 63.5 Å². The van der Waals surface area contributed by atoms with Crippen LogP contribution in [0.2, 0.25) is 10.3 Å². The maximum atomic E-state index is 14.2. The number of amides is 3. The number of rotatable bonds is 5. The molecule has 37 heavy (non-hydrogen) atoms. The number of hydrogen-bond acceptors (Lipinski definition) is 7. The molecule has 5 rings (SSSR count). The van der Waals surface area contributed by atoms with Crippen molar-refractivity contribution in [2.24, 2.45) is 0 Å². The number of carbonyl (C=O) groups is 3. The van der Waals surface area contributed by atoms with Crippen molar-refractivity contribution in [2.75, 3.05) is 25.0 Å². The molecule has 1 aromatic carbocycles. The van der Waals surface area contributed by atoms with E-state index in [0.717, 1.165) is 15.3 Å². The van der Waals surface area contributed by atoms with E-state index in [9.17, 15) is 24.8 Å². The number of nitriles is 1. The number of thiophene rings is 1. The number of carboxylic acids is 1. The zero-order chi connectivity index (χ0) is 26.5. The largest absolute Gasteiger partial charge is 0.477 e. The summed E-state index contributed by atoms with van der Waals surface area (Å²) in [5.41, 5.74) is 0.266. The summed E-state index contributed by atoms with van der Waals surface area (Å²) in [5.74, 6) is -1.84. The molecular formula is C25H19Cl2N5O4S. The molecule has 0 bridgehead atoms. The molecule has 2 aromatic heterocycles. The van der Waals surface area contributed by atoms with Gasteiger partial charge in [0, 0.05) is 37.5 Å². The summed E-state index contributed by atoms with van der Waals surface area (Å²) in [7, 11) is 1.60. The summed E-state index contributed by atoms with van der Waals surface area (Å²) >= 11 is 13.3. The van der Waals surface area contributed by atoms with Gasteiger partial charge in [-0.25, -0.2) is 19.5 Å². The van der Waals surface area contributed by atoms with Crippen LogP contribution >= 0.6 is 34.5 Å². The number of benzene rings is 1. The van der Waals surface area contributed by atoms with Crippen LogP contribution in [0.1, 0.15) is 31.6 Å². The number of likely N-dealkylation sites (tertiary alicyclic amines) is 1. The quantitative estimate of drug-likeness (QED) is 0.364. The van der Waals surface area contributed by atoms with Gasteiger partial charge in [-0.2, -0.15) is 5.26 Å². The summed E-state index contributed by atoms with van der Waals surface area (Å²) in [4.78, 5) is 48.6. The highest BCUT2D eigenvalue weighted by atomic mass is 35.5. The van der Waals surface area contributed by atoms with Gasteiger partial charge in [-0.1, -0.05) is 35.3 Å². The molecule has 9 nitrogen and oxygen atoms in total. The first-order valence-electron chi connectivity index (χ1n) is 11.1. The Morgan fingerprint density at radius 2 is 1.86 bits per heavy atom. The number of aromatic carboxylic acids is 1. The van der Waals surface area contributed by atoms with Crippen molar-refractivity contribution in [3.8, 4) is 6.07 Å². The number of likely N-dealkylation sites (N-methyl/N-ethyl adjacent to an activating group) is 1. The van der Waals surface area contributed by atoms with E-state index in [0.29, 0.717) is 18.7 Å². The molecule has 12 heteroatoms. The van der Waals surface area contributed by atoms with Crippen molar-refractivity contribution in [3.63, 3.8) is 0 Å². The normalized spacial score (nSPS) is 21.7. The standard InChI is InChI=1S/C25H19Cl2N5O4S/c1-30-24(36)32(16-8-20(26)29-21(27)9-16)23(35)25(30)13-31(11-17-6-7-19(37-17)22(33)34)12-18(25)15-4-2-14(10-28)3-5-15/h2-9,18H,11-13H2,1H3,(H,33,34)/t18-,25+/m0/s1. The van der Waals surface area contributed by atoms with Gasteiger partial charge in [0.2, 0.25) is 0 Å². The van der Waals surface area contributed by atoms with Crippen LogP contribution in [0, 0.1) is 11.3 Å².